The van der Waals surface area contributed by atoms with Crippen LogP contribution in [0.1, 0.15) is 26.2 Å². The summed E-state index contributed by atoms with van der Waals surface area (Å²) in [6.45, 7) is 3.50. The molecule has 0 aliphatic heterocycles. The molecule has 0 aromatic rings. The van der Waals surface area contributed by atoms with Gasteiger partial charge in [0.1, 0.15) is 0 Å². The summed E-state index contributed by atoms with van der Waals surface area (Å²) in [6.07, 6.45) is 7.68. The van der Waals surface area contributed by atoms with E-state index < -0.39 is 0 Å². The molecule has 11 heavy (non-hydrogen) atoms. The highest BCUT2D eigenvalue weighted by molar-refractivity contribution is 4.84. The monoisotopic (exact) mass is 155 g/mol. The van der Waals surface area contributed by atoms with E-state index in [1.54, 1.807) is 0 Å². The second-order valence-corrected chi connectivity index (χ2v) is 2.49. The van der Waals surface area contributed by atoms with E-state index in [1.165, 1.54) is 0 Å². The highest BCUT2D eigenvalue weighted by Gasteiger charge is 1.99. The van der Waals surface area contributed by atoms with Crippen LogP contribution in [0.4, 0.5) is 0 Å². The molecule has 0 bridgehead atoms. The molecule has 0 aliphatic carbocycles. The summed E-state index contributed by atoms with van der Waals surface area (Å²) >= 11 is 0. The van der Waals surface area contributed by atoms with Crippen LogP contribution >= 0.6 is 0 Å². The third-order valence-corrected chi connectivity index (χ3v) is 1.50. The maximum Gasteiger partial charge on any atom is 0.0480 e. The van der Waals surface area contributed by atoms with E-state index in [0.29, 0.717) is 0 Å². The smallest absolute Gasteiger partial charge is 0.0480 e. The van der Waals surface area contributed by atoms with Gasteiger partial charge in [0.15, 0.2) is 0 Å². The molecule has 0 amide bonds. The van der Waals surface area contributed by atoms with Crippen LogP contribution in [-0.4, -0.2) is 19.3 Å². The fraction of sp³-hybridized carbons (Fsp3) is 0.778. The molecule has 0 spiro atoms. The summed E-state index contributed by atoms with van der Waals surface area (Å²) in [4.78, 5) is 0. The lowest BCUT2D eigenvalue weighted by Gasteiger charge is -2.08. The molecular weight excluding hydrogens is 138 g/mol. The first-order chi connectivity index (χ1) is 5.31. The second-order valence-electron chi connectivity index (χ2n) is 2.49. The first-order valence-electron chi connectivity index (χ1n) is 4.08. The van der Waals surface area contributed by atoms with Crippen LogP contribution in [0.2, 0.25) is 0 Å². The van der Waals surface area contributed by atoms with E-state index in [2.05, 4.69) is 5.92 Å². The molecular formula is C9H17NO. The van der Waals surface area contributed by atoms with E-state index in [1.807, 2.05) is 6.92 Å². The molecule has 0 aliphatic rings. The molecule has 0 heterocycles. The van der Waals surface area contributed by atoms with Crippen molar-refractivity contribution in [2.75, 3.05) is 13.2 Å². The maximum atomic E-state index is 5.72. The lowest BCUT2D eigenvalue weighted by Crippen LogP contribution is -2.21. The van der Waals surface area contributed by atoms with Crippen molar-refractivity contribution in [2.24, 2.45) is 5.73 Å². The molecule has 1 atom stereocenters. The van der Waals surface area contributed by atoms with Gasteiger partial charge in [-0.15, -0.1) is 12.3 Å². The molecule has 0 fully saturated rings. The van der Waals surface area contributed by atoms with Gasteiger partial charge in [0.2, 0.25) is 0 Å². The molecule has 0 saturated carbocycles. The predicted octanol–water partition coefficient (Wildman–Crippen LogP) is 1.15. The zero-order chi connectivity index (χ0) is 8.53. The van der Waals surface area contributed by atoms with Gasteiger partial charge in [-0.05, 0) is 19.8 Å². The molecule has 0 aromatic carbocycles. The minimum Gasteiger partial charge on any atom is -0.382 e. The summed E-state index contributed by atoms with van der Waals surface area (Å²) in [5.41, 5.74) is 5.72. The number of hydrogen-bond acceptors (Lipinski definition) is 2. The summed E-state index contributed by atoms with van der Waals surface area (Å²) in [5.74, 6) is 2.57. The van der Waals surface area contributed by atoms with Crippen molar-refractivity contribution in [3.8, 4) is 12.3 Å². The van der Waals surface area contributed by atoms with E-state index >= 15 is 0 Å². The first kappa shape index (κ1) is 10.5. The van der Waals surface area contributed by atoms with Crippen LogP contribution in [0.15, 0.2) is 0 Å². The van der Waals surface area contributed by atoms with Crippen LogP contribution in [0.25, 0.3) is 0 Å². The van der Waals surface area contributed by atoms with Crippen LogP contribution in [-0.2, 0) is 4.74 Å². The SMILES string of the molecule is C#CCCC(N)CCOCC. The molecule has 1 unspecified atom stereocenters. The fourth-order valence-corrected chi connectivity index (χ4v) is 0.792. The fourth-order valence-electron chi connectivity index (χ4n) is 0.792. The van der Waals surface area contributed by atoms with Crippen LogP contribution in [0.3, 0.4) is 0 Å². The van der Waals surface area contributed by atoms with Gasteiger partial charge in [-0.1, -0.05) is 0 Å². The molecule has 0 saturated heterocycles. The van der Waals surface area contributed by atoms with Gasteiger partial charge in [0.25, 0.3) is 0 Å². The largest absolute Gasteiger partial charge is 0.382 e. The Kier molecular flexibility index (Phi) is 7.23. The van der Waals surface area contributed by atoms with Gasteiger partial charge >= 0.3 is 0 Å². The second kappa shape index (κ2) is 7.59. The molecule has 0 aromatic heterocycles. The lowest BCUT2D eigenvalue weighted by atomic mass is 10.1. The average Bonchev–Trinajstić information content (AvgIpc) is 2.01. The van der Waals surface area contributed by atoms with Crippen molar-refractivity contribution in [2.45, 2.75) is 32.2 Å². The minimum absolute atomic E-state index is 0.206. The van der Waals surface area contributed by atoms with Gasteiger partial charge in [-0.3, -0.25) is 0 Å². The van der Waals surface area contributed by atoms with Gasteiger partial charge < -0.3 is 10.5 Å². The van der Waals surface area contributed by atoms with Crippen molar-refractivity contribution in [1.82, 2.24) is 0 Å². The number of hydrogen-bond donors (Lipinski definition) is 1. The topological polar surface area (TPSA) is 35.2 Å². The molecule has 0 radical (unpaired) electrons. The number of rotatable bonds is 6. The van der Waals surface area contributed by atoms with Gasteiger partial charge in [0.05, 0.1) is 0 Å². The Labute approximate surface area is 69.1 Å². The Morgan fingerprint density at radius 1 is 1.55 bits per heavy atom. The summed E-state index contributed by atoms with van der Waals surface area (Å²) in [6, 6.07) is 0.206. The predicted molar refractivity (Wildman–Crippen MR) is 47.2 cm³/mol. The Bertz CT molecular complexity index is 117. The zero-order valence-electron chi connectivity index (χ0n) is 7.18. The third-order valence-electron chi connectivity index (χ3n) is 1.50. The van der Waals surface area contributed by atoms with Crippen molar-refractivity contribution < 1.29 is 4.74 Å². The van der Waals surface area contributed by atoms with Gasteiger partial charge in [-0.25, -0.2) is 0 Å². The van der Waals surface area contributed by atoms with Gasteiger partial charge in [0, 0.05) is 25.7 Å². The molecule has 2 N–H and O–H groups in total. The number of terminal acetylenes is 1. The standard InChI is InChI=1S/C9H17NO/c1-3-5-6-9(10)7-8-11-4-2/h1,9H,4-8,10H2,2H3. The molecule has 2 nitrogen and oxygen atoms in total. The number of ether oxygens (including phenoxy) is 1. The van der Waals surface area contributed by atoms with Crippen molar-refractivity contribution in [1.29, 1.82) is 0 Å². The summed E-state index contributed by atoms with van der Waals surface area (Å²) in [5, 5.41) is 0. The molecule has 0 rings (SSSR count). The zero-order valence-corrected chi connectivity index (χ0v) is 7.18. The quantitative estimate of drug-likeness (QED) is 0.461. The minimum atomic E-state index is 0.206. The molecule has 64 valence electrons. The third kappa shape index (κ3) is 7.38. The summed E-state index contributed by atoms with van der Waals surface area (Å²) in [7, 11) is 0. The lowest BCUT2D eigenvalue weighted by molar-refractivity contribution is 0.139. The van der Waals surface area contributed by atoms with Crippen molar-refractivity contribution in [3.63, 3.8) is 0 Å². The van der Waals surface area contributed by atoms with Crippen LogP contribution < -0.4 is 5.73 Å². The van der Waals surface area contributed by atoms with Gasteiger partial charge in [-0.2, -0.15) is 0 Å². The van der Waals surface area contributed by atoms with Crippen molar-refractivity contribution >= 4 is 0 Å². The highest BCUT2D eigenvalue weighted by Crippen LogP contribution is 1.97. The average molecular weight is 155 g/mol. The Morgan fingerprint density at radius 3 is 2.82 bits per heavy atom. The first-order valence-corrected chi connectivity index (χ1v) is 4.08. The van der Waals surface area contributed by atoms with Crippen molar-refractivity contribution in [3.05, 3.63) is 0 Å². The Hall–Kier alpha value is -0.520. The van der Waals surface area contributed by atoms with E-state index in [4.69, 9.17) is 16.9 Å². The molecule has 2 heteroatoms. The highest BCUT2D eigenvalue weighted by atomic mass is 16.5. The van der Waals surface area contributed by atoms with Crippen LogP contribution in [0, 0.1) is 12.3 Å². The Balaban J connectivity index is 3.10. The Morgan fingerprint density at radius 2 is 2.27 bits per heavy atom. The maximum absolute atomic E-state index is 5.72. The van der Waals surface area contributed by atoms with Crippen LogP contribution in [0.5, 0.6) is 0 Å². The number of nitrogens with two attached hydrogens (primary N) is 1. The van der Waals surface area contributed by atoms with E-state index in [-0.39, 0.29) is 6.04 Å². The van der Waals surface area contributed by atoms with E-state index in [9.17, 15) is 0 Å². The normalized spacial score (nSPS) is 12.5. The summed E-state index contributed by atoms with van der Waals surface area (Å²) < 4.78 is 5.15. The van der Waals surface area contributed by atoms with E-state index in [0.717, 1.165) is 32.5 Å².